The average Bonchev–Trinajstić information content (AvgIpc) is 2.39. The van der Waals surface area contributed by atoms with E-state index in [4.69, 9.17) is 15.2 Å². The minimum absolute atomic E-state index is 0.211. The van der Waals surface area contributed by atoms with Crippen molar-refractivity contribution in [1.82, 2.24) is 0 Å². The van der Waals surface area contributed by atoms with Crippen molar-refractivity contribution in [1.29, 1.82) is 0 Å². The van der Waals surface area contributed by atoms with Crippen LogP contribution in [0.15, 0.2) is 24.3 Å². The first-order valence-electron chi connectivity index (χ1n) is 6.30. The smallest absolute Gasteiger partial charge is 0.123 e. The van der Waals surface area contributed by atoms with Crippen LogP contribution in [0.2, 0.25) is 0 Å². The zero-order chi connectivity index (χ0) is 13.2. The Morgan fingerprint density at radius 1 is 1.17 bits per heavy atom. The quantitative estimate of drug-likeness (QED) is 0.689. The molecule has 0 aromatic heterocycles. The Kier molecular flexibility index (Phi) is 7.57. The molecule has 0 aliphatic rings. The molecule has 0 bridgehead atoms. The molecular weight excluding hydrogens is 233 g/mol. The van der Waals surface area contributed by atoms with Crippen LogP contribution in [0.5, 0.6) is 0 Å². The topological polar surface area (TPSA) is 44.5 Å². The van der Waals surface area contributed by atoms with Gasteiger partial charge >= 0.3 is 0 Å². The Bertz CT molecular complexity index is 316. The van der Waals surface area contributed by atoms with Crippen LogP contribution in [0, 0.1) is 5.82 Å². The second kappa shape index (κ2) is 9.03. The van der Waals surface area contributed by atoms with Crippen LogP contribution in [0.3, 0.4) is 0 Å². The molecule has 1 aromatic rings. The number of nitrogens with two attached hydrogens (primary N) is 1. The molecule has 2 N–H and O–H groups in total. The first-order chi connectivity index (χ1) is 8.77. The third kappa shape index (κ3) is 5.58. The number of methoxy groups -OCH3 is 1. The zero-order valence-corrected chi connectivity index (χ0v) is 10.9. The molecule has 18 heavy (non-hydrogen) atoms. The van der Waals surface area contributed by atoms with Crippen molar-refractivity contribution in [2.24, 2.45) is 5.73 Å². The number of benzene rings is 1. The molecule has 3 nitrogen and oxygen atoms in total. The van der Waals surface area contributed by atoms with Crippen molar-refractivity contribution in [2.45, 2.75) is 18.8 Å². The number of halogens is 1. The summed E-state index contributed by atoms with van der Waals surface area (Å²) >= 11 is 0. The van der Waals surface area contributed by atoms with Crippen LogP contribution < -0.4 is 5.73 Å². The molecule has 0 aliphatic carbocycles. The summed E-state index contributed by atoms with van der Waals surface area (Å²) in [5.41, 5.74) is 6.84. The molecule has 1 unspecified atom stereocenters. The van der Waals surface area contributed by atoms with E-state index in [-0.39, 0.29) is 11.7 Å². The molecule has 102 valence electrons. The summed E-state index contributed by atoms with van der Waals surface area (Å²) in [6.07, 6.45) is 1.90. The molecule has 1 atom stereocenters. The van der Waals surface area contributed by atoms with Crippen LogP contribution in [0.25, 0.3) is 0 Å². The molecule has 0 fully saturated rings. The van der Waals surface area contributed by atoms with Gasteiger partial charge in [-0.3, -0.25) is 0 Å². The Labute approximate surface area is 108 Å². The molecule has 1 rings (SSSR count). The number of ether oxygens (including phenoxy) is 2. The molecule has 0 radical (unpaired) electrons. The maximum absolute atomic E-state index is 12.8. The molecule has 4 heteroatoms. The maximum Gasteiger partial charge on any atom is 0.123 e. The number of hydrogen-bond acceptors (Lipinski definition) is 3. The standard InChI is InChI=1S/C14H22FNO2/c1-17-9-10-18-8-2-3-13(11-16)12-4-6-14(15)7-5-12/h4-7,13H,2-3,8-11,16H2,1H3. The molecule has 0 saturated heterocycles. The Balaban J connectivity index is 2.27. The summed E-state index contributed by atoms with van der Waals surface area (Å²) in [5, 5.41) is 0. The Hall–Kier alpha value is -0.970. The summed E-state index contributed by atoms with van der Waals surface area (Å²) in [6.45, 7) is 2.53. The van der Waals surface area contributed by atoms with Gasteiger partial charge in [-0.05, 0) is 43.0 Å². The SMILES string of the molecule is COCCOCCCC(CN)c1ccc(F)cc1. The van der Waals surface area contributed by atoms with E-state index in [0.717, 1.165) is 18.4 Å². The molecule has 0 heterocycles. The van der Waals surface area contributed by atoms with Gasteiger partial charge in [0, 0.05) is 13.7 Å². The summed E-state index contributed by atoms with van der Waals surface area (Å²) < 4.78 is 23.1. The van der Waals surface area contributed by atoms with Crippen LogP contribution in [0.4, 0.5) is 4.39 Å². The highest BCUT2D eigenvalue weighted by Gasteiger charge is 2.09. The van der Waals surface area contributed by atoms with Crippen LogP contribution in [0.1, 0.15) is 24.3 Å². The van der Waals surface area contributed by atoms with Crippen molar-refractivity contribution >= 4 is 0 Å². The van der Waals surface area contributed by atoms with Gasteiger partial charge in [0.25, 0.3) is 0 Å². The van der Waals surface area contributed by atoms with E-state index in [9.17, 15) is 4.39 Å². The molecule has 0 amide bonds. The molecule has 1 aromatic carbocycles. The largest absolute Gasteiger partial charge is 0.382 e. The monoisotopic (exact) mass is 255 g/mol. The fraction of sp³-hybridized carbons (Fsp3) is 0.571. The van der Waals surface area contributed by atoms with Crippen LogP contribution in [-0.2, 0) is 9.47 Å². The van der Waals surface area contributed by atoms with Gasteiger partial charge in [0.1, 0.15) is 5.82 Å². The van der Waals surface area contributed by atoms with E-state index in [2.05, 4.69) is 0 Å². The Morgan fingerprint density at radius 2 is 1.89 bits per heavy atom. The van der Waals surface area contributed by atoms with Gasteiger partial charge in [-0.2, -0.15) is 0 Å². The van der Waals surface area contributed by atoms with E-state index < -0.39 is 0 Å². The lowest BCUT2D eigenvalue weighted by Gasteiger charge is -2.15. The van der Waals surface area contributed by atoms with Crippen LogP contribution in [-0.4, -0.2) is 33.5 Å². The first kappa shape index (κ1) is 15.1. The average molecular weight is 255 g/mol. The van der Waals surface area contributed by atoms with Gasteiger partial charge < -0.3 is 15.2 Å². The van der Waals surface area contributed by atoms with Crippen molar-refractivity contribution in [3.05, 3.63) is 35.6 Å². The van der Waals surface area contributed by atoms with E-state index in [0.29, 0.717) is 26.4 Å². The molecule has 0 saturated carbocycles. The maximum atomic E-state index is 12.8. The summed E-state index contributed by atoms with van der Waals surface area (Å²) in [6, 6.07) is 6.57. The second-order valence-electron chi connectivity index (χ2n) is 4.23. The number of hydrogen-bond donors (Lipinski definition) is 1. The lowest BCUT2D eigenvalue weighted by Crippen LogP contribution is -2.13. The van der Waals surface area contributed by atoms with Gasteiger partial charge in [-0.25, -0.2) is 4.39 Å². The van der Waals surface area contributed by atoms with E-state index in [1.807, 2.05) is 0 Å². The summed E-state index contributed by atoms with van der Waals surface area (Å²) in [4.78, 5) is 0. The lowest BCUT2D eigenvalue weighted by molar-refractivity contribution is 0.0682. The summed E-state index contributed by atoms with van der Waals surface area (Å²) in [7, 11) is 1.66. The predicted octanol–water partition coefficient (Wildman–Crippen LogP) is 2.31. The van der Waals surface area contributed by atoms with E-state index in [1.165, 1.54) is 12.1 Å². The van der Waals surface area contributed by atoms with E-state index >= 15 is 0 Å². The molecule has 0 spiro atoms. The first-order valence-corrected chi connectivity index (χ1v) is 6.30. The minimum atomic E-state index is -0.211. The van der Waals surface area contributed by atoms with Crippen molar-refractivity contribution in [2.75, 3.05) is 33.5 Å². The Morgan fingerprint density at radius 3 is 2.50 bits per heavy atom. The van der Waals surface area contributed by atoms with Crippen molar-refractivity contribution in [3.8, 4) is 0 Å². The second-order valence-corrected chi connectivity index (χ2v) is 4.23. The van der Waals surface area contributed by atoms with Crippen molar-refractivity contribution < 1.29 is 13.9 Å². The summed E-state index contributed by atoms with van der Waals surface area (Å²) in [5.74, 6) is 0.0639. The lowest BCUT2D eigenvalue weighted by atomic mass is 9.94. The minimum Gasteiger partial charge on any atom is -0.382 e. The third-order valence-corrected chi connectivity index (χ3v) is 2.90. The van der Waals surface area contributed by atoms with Gasteiger partial charge in [0.15, 0.2) is 0 Å². The van der Waals surface area contributed by atoms with E-state index in [1.54, 1.807) is 19.2 Å². The highest BCUT2D eigenvalue weighted by Crippen LogP contribution is 2.20. The predicted molar refractivity (Wildman–Crippen MR) is 70.1 cm³/mol. The molecule has 0 aliphatic heterocycles. The van der Waals surface area contributed by atoms with Crippen LogP contribution >= 0.6 is 0 Å². The van der Waals surface area contributed by atoms with Crippen molar-refractivity contribution in [3.63, 3.8) is 0 Å². The van der Waals surface area contributed by atoms with Gasteiger partial charge in [-0.1, -0.05) is 12.1 Å². The fourth-order valence-corrected chi connectivity index (χ4v) is 1.83. The third-order valence-electron chi connectivity index (χ3n) is 2.90. The zero-order valence-electron chi connectivity index (χ0n) is 10.9. The number of rotatable bonds is 9. The molecular formula is C14H22FNO2. The highest BCUT2D eigenvalue weighted by molar-refractivity contribution is 5.20. The fourth-order valence-electron chi connectivity index (χ4n) is 1.83. The van der Waals surface area contributed by atoms with Gasteiger partial charge in [-0.15, -0.1) is 0 Å². The van der Waals surface area contributed by atoms with Gasteiger partial charge in [0.2, 0.25) is 0 Å². The van der Waals surface area contributed by atoms with Gasteiger partial charge in [0.05, 0.1) is 13.2 Å². The normalized spacial score (nSPS) is 12.6. The highest BCUT2D eigenvalue weighted by atomic mass is 19.1.